The molecule has 17 unspecified atom stereocenters. The van der Waals surface area contributed by atoms with Crippen LogP contribution >= 0.6 is 0 Å². The van der Waals surface area contributed by atoms with Gasteiger partial charge in [0.25, 0.3) is 55.4 Å². The fraction of sp³-hybridized carbons (Fsp3) is 0.648. The summed E-state index contributed by atoms with van der Waals surface area (Å²) in [4.78, 5) is 213. The van der Waals surface area contributed by atoms with Gasteiger partial charge in [-0.05, 0) is 151 Å². The Hall–Kier alpha value is -13.8. The molecule has 17 atom stereocenters. The maximum absolute atomic E-state index is 13.5. The van der Waals surface area contributed by atoms with E-state index in [1.165, 1.54) is 35.0 Å². The van der Waals surface area contributed by atoms with Crippen LogP contribution in [0.3, 0.4) is 0 Å². The first-order chi connectivity index (χ1) is 67.0. The highest BCUT2D eigenvalue weighted by atomic mass is 17.1. The lowest BCUT2D eigenvalue weighted by molar-refractivity contribution is -0.285. The van der Waals surface area contributed by atoms with Gasteiger partial charge in [-0.25, -0.2) is 44.2 Å². The van der Waals surface area contributed by atoms with E-state index in [9.17, 15) is 73.0 Å². The average Bonchev–Trinajstić information content (AvgIpc) is 1.63. The molecular weight excluding hydrogens is 1870 g/mol. The summed E-state index contributed by atoms with van der Waals surface area (Å²) in [7, 11) is 13.1. The van der Waals surface area contributed by atoms with Gasteiger partial charge in [0, 0.05) is 88.4 Å². The minimum atomic E-state index is -1.18. The summed E-state index contributed by atoms with van der Waals surface area (Å²) >= 11 is 0. The van der Waals surface area contributed by atoms with Crippen LogP contribution in [0.1, 0.15) is 185 Å². The lowest BCUT2D eigenvalue weighted by atomic mass is 10.0. The molecule has 10 aliphatic heterocycles. The number of ether oxygens (including phenoxy) is 7. The normalized spacial score (nSPS) is 22.3. The molecule has 5 aromatic heterocycles. The molecule has 15 heterocycles. The van der Waals surface area contributed by atoms with Gasteiger partial charge in [0.15, 0.2) is 30.2 Å². The van der Waals surface area contributed by atoms with Crippen LogP contribution in [0.5, 0.6) is 0 Å². The Balaban J connectivity index is 0.000000172. The third kappa shape index (κ3) is 22.4. The minimum Gasteiger partial charge on any atom is -0.466 e. The van der Waals surface area contributed by atoms with E-state index in [4.69, 9.17) is 19.9 Å². The summed E-state index contributed by atoms with van der Waals surface area (Å²) in [6.07, 6.45) is 4.76. The van der Waals surface area contributed by atoms with Crippen LogP contribution in [-0.4, -0.2) is 407 Å². The highest BCUT2D eigenvalue weighted by molar-refractivity contribution is 5.98. The van der Waals surface area contributed by atoms with E-state index in [0.717, 1.165) is 17.1 Å². The Morgan fingerprint density at radius 3 is 1.02 bits per heavy atom. The summed E-state index contributed by atoms with van der Waals surface area (Å²) in [5.41, 5.74) is 10.5. The quantitative estimate of drug-likeness (QED) is 0.0163. The first-order valence-corrected chi connectivity index (χ1v) is 46.5. The van der Waals surface area contributed by atoms with E-state index in [0.29, 0.717) is 83.2 Å². The van der Waals surface area contributed by atoms with Crippen LogP contribution in [0.4, 0.5) is 44.1 Å². The molecule has 0 radical (unpaired) electrons. The maximum atomic E-state index is 13.5. The molecule has 0 saturated carbocycles. The second kappa shape index (κ2) is 43.6. The Morgan fingerprint density at radius 2 is 0.685 bits per heavy atom. The largest absolute Gasteiger partial charge is 0.466 e. The summed E-state index contributed by atoms with van der Waals surface area (Å²) in [6, 6.07) is -5.92. The number of aliphatic hydroxyl groups is 2. The molecule has 5 aromatic rings. The SMILES string of the molecule is COC(=O)NC(CCc1c(C)nc2n1C(=O)C1N=CN(C(C)(C)C)C1N2C)COC=O.COC(=O)NC(COC=O)C(Cc1c(C)nc2n1C(=O)C1N=CN(C(C)(C)C)C1N2C)OO.COC(=O)NC(COC=O)C(O)Cc1c(C)nc2n1C(=O)C1N=CN(C(C)(C)C)C1N2C.Cc1cn2c(n1)N(C)C1C(N=CN1C(C)(C)C)C2=O.Cc1nc2n(c1CC(O)C(N)COC=O)C(=O)C1N=CN(C(C)(C)C)C1N2C. The molecule has 0 spiro atoms. The summed E-state index contributed by atoms with van der Waals surface area (Å²) in [5, 5.41) is 38.3. The summed E-state index contributed by atoms with van der Waals surface area (Å²) in [6.45, 7) is 40.5. The van der Waals surface area contributed by atoms with E-state index in [1.54, 1.807) is 67.8 Å². The molecule has 3 amide bonds. The fourth-order valence-electron chi connectivity index (χ4n) is 18.7. The number of fused-ring (bicyclic) bond motifs is 10. The van der Waals surface area contributed by atoms with Gasteiger partial charge in [-0.3, -0.25) is 96.2 Å². The average molecular weight is 2010 g/mol. The van der Waals surface area contributed by atoms with Gasteiger partial charge < -0.3 is 114 Å². The summed E-state index contributed by atoms with van der Waals surface area (Å²) < 4.78 is 40.4. The number of imidazole rings is 5. The second-order valence-electron chi connectivity index (χ2n) is 41.1. The van der Waals surface area contributed by atoms with Crippen LogP contribution in [0.15, 0.2) is 31.2 Å². The molecule has 0 saturated heterocycles. The predicted octanol–water partition coefficient (Wildman–Crippen LogP) is 1.93. The minimum absolute atomic E-state index is 0.00157. The van der Waals surface area contributed by atoms with Gasteiger partial charge in [0.1, 0.15) is 63.4 Å². The molecular formula is C91H137N29O23. The topological polar surface area (TPSA) is 585 Å². The number of aliphatic imine (C=N–C) groups is 5. The van der Waals surface area contributed by atoms with Gasteiger partial charge in [-0.2, -0.15) is 0 Å². The third-order valence-corrected chi connectivity index (χ3v) is 26.2. The number of methoxy groups -OCH3 is 3. The number of aliphatic hydroxyl groups excluding tert-OH is 2. The molecule has 0 bridgehead atoms. The Kier molecular flexibility index (Phi) is 33.4. The van der Waals surface area contributed by atoms with Crippen molar-refractivity contribution in [1.29, 1.82) is 0 Å². The van der Waals surface area contributed by atoms with Crippen molar-refractivity contribution in [3.05, 3.63) is 57.4 Å². The van der Waals surface area contributed by atoms with E-state index in [2.05, 4.69) is 167 Å². The monoisotopic (exact) mass is 2000 g/mol. The van der Waals surface area contributed by atoms with E-state index in [1.807, 2.05) is 125 Å². The number of likely N-dealkylation sites (N-methyl/N-ethyl adjacent to an activating group) is 5. The fourth-order valence-corrected chi connectivity index (χ4v) is 18.7. The molecule has 52 heteroatoms. The lowest BCUT2D eigenvalue weighted by Crippen LogP contribution is -2.61. The van der Waals surface area contributed by atoms with Crippen molar-refractivity contribution in [2.75, 3.05) is 107 Å². The van der Waals surface area contributed by atoms with Gasteiger partial charge in [-0.1, -0.05) is 0 Å². The zero-order valence-electron chi connectivity index (χ0n) is 86.2. The van der Waals surface area contributed by atoms with Gasteiger partial charge in [0.2, 0.25) is 29.7 Å². The molecule has 52 nitrogen and oxygen atoms in total. The molecule has 15 rings (SSSR count). The molecule has 0 aliphatic carbocycles. The molecule has 10 aliphatic rings. The third-order valence-electron chi connectivity index (χ3n) is 26.2. The number of amides is 3. The highest BCUT2D eigenvalue weighted by Crippen LogP contribution is 2.42. The molecule has 0 fully saturated rings. The lowest BCUT2D eigenvalue weighted by Gasteiger charge is -2.44. The number of nitrogens with two attached hydrogens (primary N) is 1. The van der Waals surface area contributed by atoms with Gasteiger partial charge >= 0.3 is 18.3 Å². The number of nitrogens with zero attached hydrogens (tertiary/aromatic N) is 25. The van der Waals surface area contributed by atoms with Crippen molar-refractivity contribution >= 4 is 135 Å². The Bertz CT molecular complexity index is 5680. The Morgan fingerprint density at radius 1 is 0.399 bits per heavy atom. The number of carbonyl (C=O) groups excluding carboxylic acids is 12. The zero-order chi connectivity index (χ0) is 106. The van der Waals surface area contributed by atoms with E-state index < -0.39 is 84.9 Å². The van der Waals surface area contributed by atoms with Crippen LogP contribution in [0.2, 0.25) is 0 Å². The number of aromatic nitrogens is 10. The van der Waals surface area contributed by atoms with Crippen molar-refractivity contribution in [1.82, 2.24) is 88.2 Å². The van der Waals surface area contributed by atoms with Crippen molar-refractivity contribution in [2.24, 2.45) is 30.7 Å². The number of anilines is 5. The smallest absolute Gasteiger partial charge is 0.407 e. The Labute approximate surface area is 828 Å². The number of nitrogens with one attached hydrogen (secondary N) is 3. The number of rotatable bonds is 28. The first kappa shape index (κ1) is 110. The van der Waals surface area contributed by atoms with Crippen molar-refractivity contribution in [3.63, 3.8) is 0 Å². The number of hydrogen-bond acceptors (Lipinski definition) is 44. The van der Waals surface area contributed by atoms with E-state index in [-0.39, 0.29) is 159 Å². The van der Waals surface area contributed by atoms with Crippen LogP contribution in [0.25, 0.3) is 0 Å². The molecule has 8 N–H and O–H groups in total. The van der Waals surface area contributed by atoms with Crippen molar-refractivity contribution in [2.45, 2.75) is 302 Å². The highest BCUT2D eigenvalue weighted by Gasteiger charge is 2.56. The first-order valence-electron chi connectivity index (χ1n) is 46.5. The molecule has 143 heavy (non-hydrogen) atoms. The standard InChI is InChI=1S/C20H30N6O7.C20H30N6O6.C20H30N6O5.C18H28N6O4.C13H19N5O/c1-11-13(7-14(33-30)12(8-32-10-27)23-19(29)31-6)26-17(28)15-16(24(5)18(26)22-11)25(9-21-15)20(2,3)4;1-11-13(7-14(28)12(8-32-10-27)23-19(30)31-6)26-17(29)15-16(24(5)18(26)22-11)25(9-21-15)20(2,3)4;1-12-14(8-7-13(9-31-11-27)23-19(29)30-6)26-17(28)15-16(24(5)18(26)22-12)25(10-21-15)20(2,3)4;1-10-12(6-13(26)11(19)7-28-9-25)24-16(27)14-15(22(5)17(24)21-10)23(8-20-14)18(2,3)4;1-8-6-17-11(19)9-10(16(5)12(17)15-8)18(7-14-9)13(2,3)4/h9-10,12,14-16,30H,7-8H2,1-6H3,(H,23,29);9-10,12,14-16,28H,7-8H2,1-6H3,(H,23,30);10-11,13,15-16H,7-9H2,1-6H3,(H,23,29);8-9,11,13-15,26H,6-7,19H2,1-5H3;6-7,9-10H,1-5H3. The number of alkyl carbamates (subject to hydrolysis) is 3. The number of carbonyl (C=O) groups is 12. The van der Waals surface area contributed by atoms with Crippen molar-refractivity contribution in [3.8, 4) is 0 Å². The predicted molar refractivity (Wildman–Crippen MR) is 521 cm³/mol. The van der Waals surface area contributed by atoms with Gasteiger partial charge in [-0.15, -0.1) is 0 Å². The summed E-state index contributed by atoms with van der Waals surface area (Å²) in [5.74, 6) is 1.87. The number of aryl methyl sites for hydroxylation is 5. The van der Waals surface area contributed by atoms with Crippen molar-refractivity contribution < 1.29 is 111 Å². The van der Waals surface area contributed by atoms with Crippen LogP contribution in [-0.2, 0) is 82.9 Å². The molecule has 784 valence electrons. The second-order valence-corrected chi connectivity index (χ2v) is 41.1. The maximum Gasteiger partial charge on any atom is 0.407 e. The van der Waals surface area contributed by atoms with Crippen LogP contribution < -0.4 is 46.2 Å². The molecule has 0 aromatic carbocycles. The van der Waals surface area contributed by atoms with Gasteiger partial charge in [0.05, 0.1) is 141 Å². The van der Waals surface area contributed by atoms with E-state index >= 15 is 0 Å². The number of hydrogen-bond donors (Lipinski definition) is 7. The zero-order valence-corrected chi connectivity index (χ0v) is 86.2. The van der Waals surface area contributed by atoms with Crippen LogP contribution in [0, 0.1) is 34.6 Å².